The lowest BCUT2D eigenvalue weighted by molar-refractivity contribution is -0.160. The lowest BCUT2D eigenvalue weighted by atomic mass is 9.77. The first-order chi connectivity index (χ1) is 22.7. The molecule has 0 N–H and O–H groups in total. The normalized spacial score (nSPS) is 25.5. The summed E-state index contributed by atoms with van der Waals surface area (Å²) in [6, 6.07) is 5.12. The number of aromatic nitrogens is 2. The van der Waals surface area contributed by atoms with E-state index in [0.717, 1.165) is 25.7 Å². The molecular weight excluding hydrogens is 622 g/mol. The number of carbonyl (C=O) groups excluding carboxylic acids is 3. The number of carbonyl (C=O) groups is 3. The van der Waals surface area contributed by atoms with Crippen molar-refractivity contribution in [3.63, 3.8) is 0 Å². The van der Waals surface area contributed by atoms with Crippen molar-refractivity contribution in [1.82, 2.24) is 14.9 Å². The molecule has 0 bridgehead atoms. The number of nitrogens with zero attached hydrogens (tertiary/aromatic N) is 4. The third-order valence-corrected chi connectivity index (χ3v) is 9.87. The topological polar surface area (TPSA) is 132 Å². The maximum absolute atomic E-state index is 15.0. The number of hydrogen-bond donors (Lipinski definition) is 0. The summed E-state index contributed by atoms with van der Waals surface area (Å²) in [4.78, 5) is 50.2. The third-order valence-electron chi connectivity index (χ3n) is 9.87. The monoisotopic (exact) mass is 664 g/mol. The quantitative estimate of drug-likeness (QED) is 0.201. The van der Waals surface area contributed by atoms with Crippen molar-refractivity contribution in [1.29, 1.82) is 5.26 Å². The van der Waals surface area contributed by atoms with Crippen molar-refractivity contribution >= 4 is 28.9 Å². The fourth-order valence-electron chi connectivity index (χ4n) is 7.16. The Labute approximate surface area is 279 Å². The molecule has 3 aliphatic rings. The molecular formula is C36H42F2N4O6. The molecule has 2 aromatic rings. The molecule has 0 spiro atoms. The highest BCUT2D eigenvalue weighted by Gasteiger charge is 2.54. The molecule has 5 rings (SSSR count). The molecule has 10 nitrogen and oxygen atoms in total. The van der Waals surface area contributed by atoms with Crippen LogP contribution < -0.4 is 4.74 Å². The standard InChI is InChI=1S/C36H42F2N4O6/c1-7-9-10-23-24-14-21(24)15-29(23)48-30(43)17-25(35(3,4)5)33(44)42-19-22(16-28(42)34(45)46-6)47-32-31(36(37,38)8-2)40-26-12-11-20(18-39)13-27(26)41-32/h7-8,11-13,21-25,28-29H,1-2,9-10,14-17,19H2,3-6H3/t21-,22+,23+,24-,25+,28-,29+/m0/s1. The van der Waals surface area contributed by atoms with Gasteiger partial charge in [0.15, 0.2) is 5.69 Å². The van der Waals surface area contributed by atoms with E-state index in [1.807, 2.05) is 32.9 Å². The van der Waals surface area contributed by atoms with Gasteiger partial charge in [0.1, 0.15) is 18.2 Å². The lowest BCUT2D eigenvalue weighted by Gasteiger charge is -2.34. The summed E-state index contributed by atoms with van der Waals surface area (Å²) in [5, 5.41) is 9.31. The van der Waals surface area contributed by atoms with Gasteiger partial charge in [-0.05, 0) is 73.1 Å². The van der Waals surface area contributed by atoms with E-state index in [9.17, 15) is 19.6 Å². The summed E-state index contributed by atoms with van der Waals surface area (Å²) in [6.45, 7) is 12.4. The summed E-state index contributed by atoms with van der Waals surface area (Å²) in [5.41, 5.74) is -0.966. The minimum Gasteiger partial charge on any atom is -0.471 e. The molecule has 256 valence electrons. The second kappa shape index (κ2) is 13.6. The number of likely N-dealkylation sites (tertiary alicyclic amines) is 1. The van der Waals surface area contributed by atoms with Gasteiger partial charge in [0, 0.05) is 6.42 Å². The molecule has 2 saturated carbocycles. The number of alkyl halides is 2. The highest BCUT2D eigenvalue weighted by molar-refractivity contribution is 5.89. The van der Waals surface area contributed by atoms with Crippen LogP contribution in [0, 0.1) is 40.4 Å². The highest BCUT2D eigenvalue weighted by Crippen LogP contribution is 2.57. The zero-order valence-electron chi connectivity index (χ0n) is 27.8. The van der Waals surface area contributed by atoms with Crippen LogP contribution in [0.25, 0.3) is 11.0 Å². The van der Waals surface area contributed by atoms with Crippen LogP contribution in [0.1, 0.15) is 70.6 Å². The van der Waals surface area contributed by atoms with Crippen LogP contribution in [0.2, 0.25) is 0 Å². The van der Waals surface area contributed by atoms with E-state index >= 15 is 8.78 Å². The molecule has 1 aromatic carbocycles. The van der Waals surface area contributed by atoms with Gasteiger partial charge in [0.2, 0.25) is 11.8 Å². The largest absolute Gasteiger partial charge is 0.471 e. The first-order valence-electron chi connectivity index (χ1n) is 16.3. The van der Waals surface area contributed by atoms with E-state index in [2.05, 4.69) is 23.1 Å². The van der Waals surface area contributed by atoms with Gasteiger partial charge in [-0.2, -0.15) is 14.0 Å². The number of methoxy groups -OCH3 is 1. The van der Waals surface area contributed by atoms with E-state index in [1.54, 1.807) is 0 Å². The summed E-state index contributed by atoms with van der Waals surface area (Å²) in [5.74, 6) is -5.22. The highest BCUT2D eigenvalue weighted by atomic mass is 19.3. The third kappa shape index (κ3) is 7.20. The van der Waals surface area contributed by atoms with Crippen LogP contribution in [-0.2, 0) is 29.8 Å². The van der Waals surface area contributed by atoms with E-state index in [0.29, 0.717) is 17.9 Å². The Balaban J connectivity index is 1.38. The summed E-state index contributed by atoms with van der Waals surface area (Å²) >= 11 is 0. The van der Waals surface area contributed by atoms with E-state index in [4.69, 9.17) is 14.2 Å². The number of allylic oxidation sites excluding steroid dienone is 2. The lowest BCUT2D eigenvalue weighted by Crippen LogP contribution is -2.48. The molecule has 1 aromatic heterocycles. The van der Waals surface area contributed by atoms with Gasteiger partial charge >= 0.3 is 17.9 Å². The van der Waals surface area contributed by atoms with Crippen LogP contribution in [0.15, 0.2) is 43.5 Å². The van der Waals surface area contributed by atoms with Gasteiger partial charge < -0.3 is 19.1 Å². The fourth-order valence-corrected chi connectivity index (χ4v) is 7.16. The number of rotatable bonds is 12. The van der Waals surface area contributed by atoms with Gasteiger partial charge in [-0.15, -0.1) is 6.58 Å². The summed E-state index contributed by atoms with van der Waals surface area (Å²) < 4.78 is 47.0. The zero-order chi connectivity index (χ0) is 35.0. The van der Waals surface area contributed by atoms with Crippen molar-refractivity contribution in [3.05, 3.63) is 54.8 Å². The Morgan fingerprint density at radius 2 is 1.90 bits per heavy atom. The molecule has 0 radical (unpaired) electrons. The maximum Gasteiger partial charge on any atom is 0.328 e. The van der Waals surface area contributed by atoms with Crippen LogP contribution >= 0.6 is 0 Å². The molecule has 2 aliphatic carbocycles. The predicted molar refractivity (Wildman–Crippen MR) is 171 cm³/mol. The van der Waals surface area contributed by atoms with Crippen molar-refractivity contribution in [2.24, 2.45) is 29.1 Å². The SMILES string of the molecule is C=CCC[C@@H]1[C@H]2C[C@H]2C[C@H]1OC(=O)C[C@H](C(=O)N1C[C@H](Oc2nc3cc(C#N)ccc3nc2C(F)(F)C=C)C[C@H]1C(=O)OC)C(C)(C)C. The molecule has 1 saturated heterocycles. The van der Waals surface area contributed by atoms with Gasteiger partial charge in [-0.3, -0.25) is 9.59 Å². The number of hydrogen-bond acceptors (Lipinski definition) is 9. The van der Waals surface area contributed by atoms with Crippen molar-refractivity contribution in [2.45, 2.75) is 83.5 Å². The molecule has 0 unspecified atom stereocenters. The van der Waals surface area contributed by atoms with E-state index in [-0.39, 0.29) is 48.0 Å². The van der Waals surface area contributed by atoms with Crippen molar-refractivity contribution in [3.8, 4) is 11.9 Å². The Bertz CT molecular complexity index is 1650. The van der Waals surface area contributed by atoms with E-state index in [1.165, 1.54) is 30.2 Å². The van der Waals surface area contributed by atoms with Crippen LogP contribution in [-0.4, -0.2) is 64.6 Å². The van der Waals surface area contributed by atoms with Crippen LogP contribution in [0.4, 0.5) is 8.78 Å². The number of esters is 2. The summed E-state index contributed by atoms with van der Waals surface area (Å²) in [6.07, 6.45) is 4.61. The Morgan fingerprint density at radius 3 is 2.54 bits per heavy atom. The maximum atomic E-state index is 15.0. The van der Waals surface area contributed by atoms with Crippen LogP contribution in [0.5, 0.6) is 5.88 Å². The Morgan fingerprint density at radius 1 is 1.15 bits per heavy atom. The predicted octanol–water partition coefficient (Wildman–Crippen LogP) is 5.89. The molecule has 1 aliphatic heterocycles. The molecule has 2 heterocycles. The minimum atomic E-state index is -3.62. The number of halogens is 2. The second-order valence-electron chi connectivity index (χ2n) is 14.1. The Hall–Kier alpha value is -4.40. The summed E-state index contributed by atoms with van der Waals surface area (Å²) in [7, 11) is 1.19. The Kier molecular flexibility index (Phi) is 9.90. The minimum absolute atomic E-state index is 0.0768. The molecule has 48 heavy (non-hydrogen) atoms. The zero-order valence-corrected chi connectivity index (χ0v) is 27.8. The van der Waals surface area contributed by atoms with Gasteiger partial charge in [-0.25, -0.2) is 14.8 Å². The molecule has 3 fully saturated rings. The number of ether oxygens (including phenoxy) is 3. The van der Waals surface area contributed by atoms with E-state index < -0.39 is 58.8 Å². The fraction of sp³-hybridized carbons (Fsp3) is 0.556. The molecule has 1 amide bonds. The number of amides is 1. The van der Waals surface area contributed by atoms with Crippen LogP contribution in [0.3, 0.4) is 0 Å². The van der Waals surface area contributed by atoms with Gasteiger partial charge in [0.05, 0.1) is 48.7 Å². The second-order valence-corrected chi connectivity index (χ2v) is 14.1. The van der Waals surface area contributed by atoms with Gasteiger partial charge in [-0.1, -0.05) is 33.4 Å². The molecule has 7 atom stereocenters. The smallest absolute Gasteiger partial charge is 0.328 e. The first-order valence-corrected chi connectivity index (χ1v) is 16.3. The van der Waals surface area contributed by atoms with Crippen molar-refractivity contribution in [2.75, 3.05) is 13.7 Å². The number of nitriles is 1. The number of fused-ring (bicyclic) bond motifs is 2. The van der Waals surface area contributed by atoms with Gasteiger partial charge in [0.25, 0.3) is 0 Å². The first kappa shape index (κ1) is 34.9. The average molecular weight is 665 g/mol. The average Bonchev–Trinajstić information content (AvgIpc) is 3.54. The number of benzene rings is 1. The van der Waals surface area contributed by atoms with Crippen molar-refractivity contribution < 1.29 is 37.4 Å². The molecule has 12 heteroatoms.